The normalized spacial score (nSPS) is 31.5. The molecule has 34 heavy (non-hydrogen) atoms. The Morgan fingerprint density at radius 1 is 0.941 bits per heavy atom. The number of hydrogen-bond donors (Lipinski definition) is 2. The van der Waals surface area contributed by atoms with Gasteiger partial charge in [-0.3, -0.25) is 4.79 Å². The Hall–Kier alpha value is -1.85. The Morgan fingerprint density at radius 2 is 1.56 bits per heavy atom. The Balaban J connectivity index is 1.18. The van der Waals surface area contributed by atoms with E-state index in [9.17, 15) is 9.90 Å². The summed E-state index contributed by atoms with van der Waals surface area (Å²) in [4.78, 5) is 11.7. The van der Waals surface area contributed by atoms with Crippen LogP contribution in [-0.4, -0.2) is 30.8 Å². The molecule has 0 heterocycles. The zero-order valence-corrected chi connectivity index (χ0v) is 22.2. The molecular formula is C29H41NO3Si. The van der Waals surface area contributed by atoms with Gasteiger partial charge in [0.05, 0.1) is 11.5 Å². The smallest absolute Gasteiger partial charge is 0.309 e. The second-order valence-corrected chi connectivity index (χ2v) is 18.1. The molecule has 0 aromatic heterocycles. The van der Waals surface area contributed by atoms with Crippen molar-refractivity contribution in [2.75, 3.05) is 0 Å². The van der Waals surface area contributed by atoms with Gasteiger partial charge < -0.3 is 15.2 Å². The number of carbonyl (C=O) groups is 1. The standard InChI is InChI=1S/C29H41NO3Si/c1-34(2,3)26-10-8-24(9-11-26)33-25-7-6-22-18-21(4-5-23(22)19-25)20-30-29-15-12-28(13-16-29,14-17-29)27(31)32/h4-7,18-19,24,26,30H,8-17,20H2,1-3H3,(H,31,32). The first-order valence-electron chi connectivity index (χ1n) is 13.3. The average molecular weight is 480 g/mol. The van der Waals surface area contributed by atoms with Crippen molar-refractivity contribution in [3.63, 3.8) is 0 Å². The van der Waals surface area contributed by atoms with Crippen LogP contribution in [0.4, 0.5) is 0 Å². The summed E-state index contributed by atoms with van der Waals surface area (Å²) in [6.45, 7) is 8.34. The molecule has 0 radical (unpaired) electrons. The predicted molar refractivity (Wildman–Crippen MR) is 141 cm³/mol. The van der Waals surface area contributed by atoms with E-state index in [2.05, 4.69) is 61.4 Å². The van der Waals surface area contributed by atoms with Crippen molar-refractivity contribution in [1.29, 1.82) is 0 Å². The highest BCUT2D eigenvalue weighted by atomic mass is 28.3. The van der Waals surface area contributed by atoms with Crippen molar-refractivity contribution in [2.24, 2.45) is 5.41 Å². The van der Waals surface area contributed by atoms with Gasteiger partial charge in [0.1, 0.15) is 5.75 Å². The molecule has 0 aliphatic heterocycles. The van der Waals surface area contributed by atoms with Gasteiger partial charge in [-0.25, -0.2) is 0 Å². The fourth-order valence-corrected chi connectivity index (χ4v) is 8.82. The number of ether oxygens (including phenoxy) is 1. The van der Waals surface area contributed by atoms with Gasteiger partial charge in [0.2, 0.25) is 0 Å². The second-order valence-electron chi connectivity index (χ2n) is 12.5. The third kappa shape index (κ3) is 4.79. The Labute approximate surface area is 205 Å². The van der Waals surface area contributed by atoms with Crippen molar-refractivity contribution in [3.8, 4) is 5.75 Å². The fourth-order valence-electron chi connectivity index (χ4n) is 6.76. The zero-order chi connectivity index (χ0) is 24.0. The van der Waals surface area contributed by atoms with Crippen molar-refractivity contribution in [1.82, 2.24) is 5.32 Å². The summed E-state index contributed by atoms with van der Waals surface area (Å²) >= 11 is 0. The predicted octanol–water partition coefficient (Wildman–Crippen LogP) is 7.14. The van der Waals surface area contributed by atoms with E-state index in [-0.39, 0.29) is 5.54 Å². The van der Waals surface area contributed by atoms with Crippen molar-refractivity contribution in [2.45, 2.75) is 108 Å². The van der Waals surface area contributed by atoms with Crippen LogP contribution in [-0.2, 0) is 11.3 Å². The number of benzene rings is 2. The number of carboxylic acid groups (broad SMARTS) is 1. The van der Waals surface area contributed by atoms with E-state index in [4.69, 9.17) is 4.74 Å². The first-order chi connectivity index (χ1) is 16.2. The van der Waals surface area contributed by atoms with Gasteiger partial charge in [-0.15, -0.1) is 0 Å². The number of fused-ring (bicyclic) bond motifs is 4. The number of carboxylic acids is 1. The average Bonchev–Trinajstić information content (AvgIpc) is 2.83. The first kappa shape index (κ1) is 23.9. The van der Waals surface area contributed by atoms with Crippen LogP contribution in [0.3, 0.4) is 0 Å². The largest absolute Gasteiger partial charge is 0.490 e. The fraction of sp³-hybridized carbons (Fsp3) is 0.621. The molecule has 4 saturated carbocycles. The molecule has 2 bridgehead atoms. The minimum atomic E-state index is -1.04. The maximum absolute atomic E-state index is 11.7. The highest BCUT2D eigenvalue weighted by Crippen LogP contribution is 2.52. The van der Waals surface area contributed by atoms with Crippen LogP contribution in [0.5, 0.6) is 5.75 Å². The van der Waals surface area contributed by atoms with Gasteiger partial charge in [0.25, 0.3) is 0 Å². The Kier molecular flexibility index (Phi) is 6.30. The molecule has 4 nitrogen and oxygen atoms in total. The van der Waals surface area contributed by atoms with Gasteiger partial charge in [-0.05, 0) is 104 Å². The van der Waals surface area contributed by atoms with Gasteiger partial charge >= 0.3 is 5.97 Å². The van der Waals surface area contributed by atoms with Crippen LogP contribution >= 0.6 is 0 Å². The third-order valence-electron chi connectivity index (χ3n) is 9.45. The van der Waals surface area contributed by atoms with Gasteiger partial charge in [-0.2, -0.15) is 0 Å². The lowest BCUT2D eigenvalue weighted by molar-refractivity contribution is -0.156. The van der Waals surface area contributed by atoms with E-state index in [0.29, 0.717) is 6.10 Å². The van der Waals surface area contributed by atoms with Gasteiger partial charge in [-0.1, -0.05) is 37.8 Å². The number of aliphatic carboxylic acids is 1. The lowest BCUT2D eigenvalue weighted by Gasteiger charge is -2.51. The van der Waals surface area contributed by atoms with Crippen LogP contribution in [0, 0.1) is 5.41 Å². The molecule has 0 amide bonds. The van der Waals surface area contributed by atoms with Crippen LogP contribution < -0.4 is 10.1 Å². The van der Waals surface area contributed by atoms with E-state index >= 15 is 0 Å². The molecule has 0 atom stereocenters. The first-order valence-corrected chi connectivity index (χ1v) is 16.9. The summed E-state index contributed by atoms with van der Waals surface area (Å²) in [6, 6.07) is 13.3. The monoisotopic (exact) mass is 479 g/mol. The summed E-state index contributed by atoms with van der Waals surface area (Å²) in [5.41, 5.74) is 1.91. The van der Waals surface area contributed by atoms with Crippen LogP contribution in [0.1, 0.15) is 69.8 Å². The lowest BCUT2D eigenvalue weighted by Crippen LogP contribution is -2.56. The van der Waals surface area contributed by atoms with E-state index in [1.165, 1.54) is 42.0 Å². The summed E-state index contributed by atoms with van der Waals surface area (Å²) in [5.74, 6) is 0.415. The summed E-state index contributed by atoms with van der Waals surface area (Å²) in [7, 11) is -1.04. The molecular weight excluding hydrogens is 438 g/mol. The Morgan fingerprint density at radius 3 is 2.18 bits per heavy atom. The second kappa shape index (κ2) is 8.98. The number of rotatable bonds is 7. The summed E-state index contributed by atoms with van der Waals surface area (Å²) in [5, 5.41) is 15.9. The lowest BCUT2D eigenvalue weighted by atomic mass is 9.57. The molecule has 184 valence electrons. The molecule has 6 rings (SSSR count). The minimum absolute atomic E-state index is 0.123. The zero-order valence-electron chi connectivity index (χ0n) is 21.2. The molecule has 4 fully saturated rings. The van der Waals surface area contributed by atoms with Crippen molar-refractivity contribution < 1.29 is 14.6 Å². The topological polar surface area (TPSA) is 58.6 Å². The molecule has 0 saturated heterocycles. The maximum Gasteiger partial charge on any atom is 0.309 e. The molecule has 2 aromatic carbocycles. The maximum atomic E-state index is 11.7. The molecule has 2 aromatic rings. The molecule has 5 heteroatoms. The van der Waals surface area contributed by atoms with E-state index in [1.54, 1.807) is 0 Å². The molecule has 4 aliphatic rings. The van der Waals surface area contributed by atoms with Crippen molar-refractivity contribution in [3.05, 3.63) is 42.0 Å². The van der Waals surface area contributed by atoms with Crippen LogP contribution in [0.2, 0.25) is 25.2 Å². The van der Waals surface area contributed by atoms with E-state index in [1.807, 2.05) is 0 Å². The van der Waals surface area contributed by atoms with E-state index < -0.39 is 19.5 Å². The molecule has 0 spiro atoms. The van der Waals surface area contributed by atoms with Crippen molar-refractivity contribution >= 4 is 24.8 Å². The quantitative estimate of drug-likeness (QED) is 0.414. The van der Waals surface area contributed by atoms with E-state index in [0.717, 1.165) is 56.4 Å². The number of hydrogen-bond acceptors (Lipinski definition) is 3. The minimum Gasteiger partial charge on any atom is -0.490 e. The van der Waals surface area contributed by atoms with Crippen LogP contribution in [0.15, 0.2) is 36.4 Å². The SMILES string of the molecule is C[Si](C)(C)C1CCC(Oc2ccc3cc(CNC45CCC(C(=O)O)(CC4)CC5)ccc3c2)CC1. The molecule has 0 unspecified atom stereocenters. The molecule has 4 aliphatic carbocycles. The van der Waals surface area contributed by atoms with Crippen LogP contribution in [0.25, 0.3) is 10.8 Å². The summed E-state index contributed by atoms with van der Waals surface area (Å²) < 4.78 is 6.40. The molecule has 2 N–H and O–H groups in total. The summed E-state index contributed by atoms with van der Waals surface area (Å²) in [6.07, 6.45) is 10.8. The Bertz CT molecular complexity index is 1030. The number of nitrogens with one attached hydrogen (secondary N) is 1. The van der Waals surface area contributed by atoms with Gasteiger partial charge in [0, 0.05) is 20.2 Å². The third-order valence-corrected chi connectivity index (χ3v) is 12.5. The highest BCUT2D eigenvalue weighted by molar-refractivity contribution is 6.77. The van der Waals surface area contributed by atoms with Gasteiger partial charge in [0.15, 0.2) is 0 Å². The highest BCUT2D eigenvalue weighted by Gasteiger charge is 2.52.